The van der Waals surface area contributed by atoms with Crippen LogP contribution in [-0.4, -0.2) is 4.98 Å². The van der Waals surface area contributed by atoms with Gasteiger partial charge in [0.15, 0.2) is 0 Å². The Morgan fingerprint density at radius 1 is 0.778 bits per heavy atom. The van der Waals surface area contributed by atoms with Gasteiger partial charge in [-0.15, -0.1) is 0 Å². The molecule has 1 aromatic carbocycles. The van der Waals surface area contributed by atoms with Crippen molar-refractivity contribution in [2.24, 2.45) is 0 Å². The normalized spacial score (nSPS) is 16.7. The Bertz CT molecular complexity index is 613. The number of hydrogen-bond acceptors (Lipinski definition) is 1. The summed E-state index contributed by atoms with van der Waals surface area (Å²) >= 11 is 0. The van der Waals surface area contributed by atoms with Crippen LogP contribution in [0.2, 0.25) is 0 Å². The molecule has 0 N–H and O–H groups in total. The van der Waals surface area contributed by atoms with Crippen LogP contribution in [0.4, 0.5) is 0 Å². The number of fused-ring (bicyclic) bond motifs is 4. The van der Waals surface area contributed by atoms with Crippen LogP contribution >= 0.6 is 0 Å². The van der Waals surface area contributed by atoms with Gasteiger partial charge in [-0.05, 0) is 55.2 Å². The van der Waals surface area contributed by atoms with E-state index in [1.807, 2.05) is 0 Å². The maximum Gasteiger partial charge on any atom is 0.0740 e. The van der Waals surface area contributed by atoms with Crippen LogP contribution in [0.3, 0.4) is 0 Å². The first-order valence-electron chi connectivity index (χ1n) is 7.02. The molecule has 2 aromatic rings. The topological polar surface area (TPSA) is 12.9 Å². The Labute approximate surface area is 108 Å². The van der Waals surface area contributed by atoms with Crippen molar-refractivity contribution >= 4 is 0 Å². The molecule has 0 bridgehead atoms. The van der Waals surface area contributed by atoms with Crippen molar-refractivity contribution in [1.29, 1.82) is 0 Å². The molecule has 0 amide bonds. The van der Waals surface area contributed by atoms with E-state index >= 15 is 0 Å². The van der Waals surface area contributed by atoms with Gasteiger partial charge >= 0.3 is 0 Å². The van der Waals surface area contributed by atoms with Crippen LogP contribution in [-0.2, 0) is 25.7 Å². The number of nitrogens with zero attached hydrogens (tertiary/aromatic N) is 1. The number of benzene rings is 1. The molecule has 0 atom stereocenters. The summed E-state index contributed by atoms with van der Waals surface area (Å²) in [5.74, 6) is 0. The summed E-state index contributed by atoms with van der Waals surface area (Å²) < 4.78 is 0. The third-order valence-corrected chi connectivity index (χ3v) is 4.32. The molecule has 0 fully saturated rings. The summed E-state index contributed by atoms with van der Waals surface area (Å²) in [5, 5.41) is 0. The molecule has 0 radical (unpaired) electrons. The lowest BCUT2D eigenvalue weighted by Gasteiger charge is -2.23. The van der Waals surface area contributed by atoms with E-state index in [0.717, 1.165) is 6.42 Å². The second-order valence-corrected chi connectivity index (χ2v) is 5.47. The highest BCUT2D eigenvalue weighted by Crippen LogP contribution is 2.34. The van der Waals surface area contributed by atoms with Gasteiger partial charge < -0.3 is 0 Å². The molecule has 0 spiro atoms. The monoisotopic (exact) mass is 235 g/mol. The molecule has 1 nitrogen and oxygen atoms in total. The first kappa shape index (κ1) is 10.3. The van der Waals surface area contributed by atoms with Crippen molar-refractivity contribution in [3.05, 3.63) is 52.7 Å². The molecule has 0 aliphatic heterocycles. The van der Waals surface area contributed by atoms with Gasteiger partial charge in [0.1, 0.15) is 0 Å². The Morgan fingerprint density at radius 3 is 2.61 bits per heavy atom. The van der Waals surface area contributed by atoms with Crippen LogP contribution in [0.15, 0.2) is 30.3 Å². The highest BCUT2D eigenvalue weighted by molar-refractivity contribution is 5.70. The smallest absolute Gasteiger partial charge is 0.0740 e. The maximum absolute atomic E-state index is 5.00. The number of aromatic nitrogens is 1. The SMILES string of the molecule is c1ccc2c(c1)CCc1cc3c(nc1-2)CCCC3. The van der Waals surface area contributed by atoms with Crippen molar-refractivity contribution in [3.8, 4) is 11.3 Å². The van der Waals surface area contributed by atoms with Gasteiger partial charge in [-0.3, -0.25) is 4.98 Å². The molecule has 0 saturated heterocycles. The van der Waals surface area contributed by atoms with Gasteiger partial charge in [0.05, 0.1) is 5.69 Å². The second kappa shape index (κ2) is 3.94. The minimum Gasteiger partial charge on any atom is -0.252 e. The summed E-state index contributed by atoms with van der Waals surface area (Å²) in [6, 6.07) is 11.2. The van der Waals surface area contributed by atoms with E-state index in [1.165, 1.54) is 65.7 Å². The standard InChI is InChI=1S/C17H17N/c1-3-7-15-12(5-1)9-10-14-11-13-6-2-4-8-16(13)18-17(14)15/h1,3,5,7,11H,2,4,6,8-10H2. The number of aryl methyl sites for hydroxylation is 4. The molecule has 4 rings (SSSR count). The van der Waals surface area contributed by atoms with Gasteiger partial charge in [-0.25, -0.2) is 0 Å². The Kier molecular flexibility index (Phi) is 2.26. The van der Waals surface area contributed by atoms with Crippen molar-refractivity contribution < 1.29 is 0 Å². The maximum atomic E-state index is 5.00. The van der Waals surface area contributed by atoms with Gasteiger partial charge in [0.2, 0.25) is 0 Å². The average molecular weight is 235 g/mol. The predicted molar refractivity (Wildman–Crippen MR) is 73.7 cm³/mol. The summed E-state index contributed by atoms with van der Waals surface area (Å²) in [7, 11) is 0. The van der Waals surface area contributed by atoms with E-state index < -0.39 is 0 Å². The fraction of sp³-hybridized carbons (Fsp3) is 0.353. The van der Waals surface area contributed by atoms with Gasteiger partial charge in [-0.2, -0.15) is 0 Å². The van der Waals surface area contributed by atoms with E-state index in [2.05, 4.69) is 30.3 Å². The highest BCUT2D eigenvalue weighted by Gasteiger charge is 2.20. The van der Waals surface area contributed by atoms with Crippen molar-refractivity contribution in [3.63, 3.8) is 0 Å². The van der Waals surface area contributed by atoms with Crippen molar-refractivity contribution in [1.82, 2.24) is 4.98 Å². The van der Waals surface area contributed by atoms with Crippen molar-refractivity contribution in [2.75, 3.05) is 0 Å². The fourth-order valence-electron chi connectivity index (χ4n) is 3.34. The Balaban J connectivity index is 1.93. The quantitative estimate of drug-likeness (QED) is 0.678. The molecule has 2 aliphatic carbocycles. The fourth-order valence-corrected chi connectivity index (χ4v) is 3.34. The third kappa shape index (κ3) is 1.50. The number of rotatable bonds is 0. The van der Waals surface area contributed by atoms with Crippen LogP contribution in [0.25, 0.3) is 11.3 Å². The lowest BCUT2D eigenvalue weighted by molar-refractivity contribution is 0.665. The minimum absolute atomic E-state index is 1.16. The second-order valence-electron chi connectivity index (χ2n) is 5.47. The van der Waals surface area contributed by atoms with Gasteiger partial charge in [0.25, 0.3) is 0 Å². The molecule has 2 aliphatic rings. The van der Waals surface area contributed by atoms with E-state index in [1.54, 1.807) is 0 Å². The van der Waals surface area contributed by atoms with E-state index in [9.17, 15) is 0 Å². The molecule has 90 valence electrons. The first-order chi connectivity index (χ1) is 8.92. The third-order valence-electron chi connectivity index (χ3n) is 4.32. The van der Waals surface area contributed by atoms with Crippen LogP contribution in [0.1, 0.15) is 35.2 Å². The van der Waals surface area contributed by atoms with Crippen LogP contribution in [0, 0.1) is 0 Å². The van der Waals surface area contributed by atoms with E-state index in [4.69, 9.17) is 4.98 Å². The molecular weight excluding hydrogens is 218 g/mol. The first-order valence-corrected chi connectivity index (χ1v) is 7.02. The molecule has 0 unspecified atom stereocenters. The van der Waals surface area contributed by atoms with Gasteiger partial charge in [0, 0.05) is 11.3 Å². The summed E-state index contributed by atoms with van der Waals surface area (Å²) in [4.78, 5) is 5.00. The van der Waals surface area contributed by atoms with Crippen LogP contribution < -0.4 is 0 Å². The minimum atomic E-state index is 1.16. The molecule has 1 heterocycles. The van der Waals surface area contributed by atoms with Crippen LogP contribution in [0.5, 0.6) is 0 Å². The molecular formula is C17H17N. The molecule has 1 heteroatoms. The Hall–Kier alpha value is -1.63. The van der Waals surface area contributed by atoms with E-state index in [-0.39, 0.29) is 0 Å². The number of hydrogen-bond donors (Lipinski definition) is 0. The zero-order valence-corrected chi connectivity index (χ0v) is 10.6. The zero-order chi connectivity index (χ0) is 11.9. The predicted octanol–water partition coefficient (Wildman–Crippen LogP) is 3.73. The average Bonchev–Trinajstić information content (AvgIpc) is 2.45. The summed E-state index contributed by atoms with van der Waals surface area (Å²) in [5.41, 5.74) is 8.43. The largest absolute Gasteiger partial charge is 0.252 e. The Morgan fingerprint density at radius 2 is 1.61 bits per heavy atom. The summed E-state index contributed by atoms with van der Waals surface area (Å²) in [6.45, 7) is 0. The zero-order valence-electron chi connectivity index (χ0n) is 10.6. The van der Waals surface area contributed by atoms with Crippen molar-refractivity contribution in [2.45, 2.75) is 38.5 Å². The lowest BCUT2D eigenvalue weighted by Crippen LogP contribution is -2.12. The molecule has 0 saturated carbocycles. The number of pyridine rings is 1. The van der Waals surface area contributed by atoms with Gasteiger partial charge in [-0.1, -0.05) is 30.3 Å². The summed E-state index contributed by atoms with van der Waals surface area (Å²) in [6.07, 6.45) is 7.38. The molecule has 1 aromatic heterocycles. The highest BCUT2D eigenvalue weighted by atomic mass is 14.7. The lowest BCUT2D eigenvalue weighted by atomic mass is 9.86. The molecule has 18 heavy (non-hydrogen) atoms. The van der Waals surface area contributed by atoms with E-state index in [0.29, 0.717) is 0 Å².